The summed E-state index contributed by atoms with van der Waals surface area (Å²) in [5.74, 6) is -0.288. The van der Waals surface area contributed by atoms with Gasteiger partial charge in [-0.2, -0.15) is 0 Å². The molecular formula is C20H22FN3OS. The Bertz CT molecular complexity index is 860. The molecular weight excluding hydrogens is 349 g/mol. The highest BCUT2D eigenvalue weighted by Gasteiger charge is 2.16. The van der Waals surface area contributed by atoms with E-state index in [2.05, 4.69) is 10.3 Å². The Kier molecular flexibility index (Phi) is 5.96. The van der Waals surface area contributed by atoms with E-state index >= 15 is 0 Å². The number of likely N-dealkylation sites (N-methyl/N-ethyl adjacent to an activating group) is 1. The van der Waals surface area contributed by atoms with Gasteiger partial charge in [-0.15, -0.1) is 11.3 Å². The minimum atomic E-state index is -0.267. The van der Waals surface area contributed by atoms with Crippen LogP contribution in [0.5, 0.6) is 0 Å². The van der Waals surface area contributed by atoms with Crippen molar-refractivity contribution in [1.29, 1.82) is 0 Å². The first kappa shape index (κ1) is 18.5. The van der Waals surface area contributed by atoms with E-state index in [1.54, 1.807) is 17.4 Å². The van der Waals surface area contributed by atoms with Gasteiger partial charge >= 0.3 is 0 Å². The lowest BCUT2D eigenvalue weighted by molar-refractivity contribution is -0.121. The number of rotatable bonds is 7. The maximum atomic E-state index is 13.5. The molecule has 3 rings (SSSR count). The van der Waals surface area contributed by atoms with Crippen LogP contribution < -0.4 is 5.32 Å². The van der Waals surface area contributed by atoms with Crippen LogP contribution in [0.4, 0.5) is 4.39 Å². The standard InChI is InChI=1S/C20H22FN3OS/c1-24(2)17(14-6-5-7-15(21)12-14)13-22-19(25)10-11-20-23-16-8-3-4-9-18(16)26-20/h3-9,12,17H,10-11,13H2,1-2H3,(H,22,25). The summed E-state index contributed by atoms with van der Waals surface area (Å²) in [5, 5.41) is 3.93. The van der Waals surface area contributed by atoms with Gasteiger partial charge in [-0.3, -0.25) is 4.79 Å². The van der Waals surface area contributed by atoms with Crippen molar-refractivity contribution in [2.45, 2.75) is 18.9 Å². The average Bonchev–Trinajstić information content (AvgIpc) is 3.03. The average molecular weight is 371 g/mol. The van der Waals surface area contributed by atoms with Gasteiger partial charge in [0.1, 0.15) is 5.82 Å². The number of para-hydroxylation sites is 1. The first-order valence-corrected chi connectivity index (χ1v) is 9.37. The lowest BCUT2D eigenvalue weighted by atomic mass is 10.1. The minimum absolute atomic E-state index is 0.0208. The summed E-state index contributed by atoms with van der Waals surface area (Å²) in [4.78, 5) is 18.8. The lowest BCUT2D eigenvalue weighted by Crippen LogP contribution is -2.34. The summed E-state index contributed by atoms with van der Waals surface area (Å²) in [7, 11) is 3.84. The number of carbonyl (C=O) groups is 1. The molecule has 1 heterocycles. The predicted octanol–water partition coefficient (Wildman–Crippen LogP) is 3.79. The van der Waals surface area contributed by atoms with Crippen LogP contribution in [0.2, 0.25) is 0 Å². The van der Waals surface area contributed by atoms with E-state index in [1.165, 1.54) is 12.1 Å². The second-order valence-corrected chi connectivity index (χ2v) is 7.53. The Morgan fingerprint density at radius 1 is 1.23 bits per heavy atom. The maximum Gasteiger partial charge on any atom is 0.220 e. The van der Waals surface area contributed by atoms with Crippen molar-refractivity contribution < 1.29 is 9.18 Å². The number of benzene rings is 2. The number of fused-ring (bicyclic) bond motifs is 1. The van der Waals surface area contributed by atoms with E-state index in [9.17, 15) is 9.18 Å². The second kappa shape index (κ2) is 8.38. The zero-order valence-electron chi connectivity index (χ0n) is 14.9. The van der Waals surface area contributed by atoms with Crippen molar-refractivity contribution in [3.63, 3.8) is 0 Å². The molecule has 1 N–H and O–H groups in total. The Labute approximate surface area is 156 Å². The van der Waals surface area contributed by atoms with Crippen LogP contribution in [-0.2, 0) is 11.2 Å². The zero-order chi connectivity index (χ0) is 18.5. The van der Waals surface area contributed by atoms with Crippen molar-refractivity contribution in [1.82, 2.24) is 15.2 Å². The summed E-state index contributed by atoms with van der Waals surface area (Å²) in [6.07, 6.45) is 1.01. The molecule has 1 aromatic heterocycles. The number of amides is 1. The molecule has 136 valence electrons. The molecule has 26 heavy (non-hydrogen) atoms. The molecule has 0 saturated heterocycles. The van der Waals surface area contributed by atoms with Crippen molar-refractivity contribution in [2.24, 2.45) is 0 Å². The number of halogens is 1. The molecule has 0 bridgehead atoms. The van der Waals surface area contributed by atoms with Gasteiger partial charge in [0.15, 0.2) is 0 Å². The third-order valence-electron chi connectivity index (χ3n) is 4.25. The number of hydrogen-bond acceptors (Lipinski definition) is 4. The Hall–Kier alpha value is -2.31. The first-order valence-electron chi connectivity index (χ1n) is 8.56. The van der Waals surface area contributed by atoms with Crippen LogP contribution in [0, 0.1) is 5.82 Å². The zero-order valence-corrected chi connectivity index (χ0v) is 15.7. The molecule has 6 heteroatoms. The molecule has 3 aromatic rings. The maximum absolute atomic E-state index is 13.5. The highest BCUT2D eigenvalue weighted by molar-refractivity contribution is 7.18. The van der Waals surface area contributed by atoms with Crippen LogP contribution in [0.25, 0.3) is 10.2 Å². The highest BCUT2D eigenvalue weighted by Crippen LogP contribution is 2.22. The van der Waals surface area contributed by atoms with Crippen LogP contribution in [-0.4, -0.2) is 36.4 Å². The normalized spacial score (nSPS) is 12.5. The fraction of sp³-hybridized carbons (Fsp3) is 0.300. The van der Waals surface area contributed by atoms with Gasteiger partial charge in [-0.1, -0.05) is 24.3 Å². The fourth-order valence-electron chi connectivity index (χ4n) is 2.86. The lowest BCUT2D eigenvalue weighted by Gasteiger charge is -2.25. The summed E-state index contributed by atoms with van der Waals surface area (Å²) in [6.45, 7) is 0.440. The van der Waals surface area contributed by atoms with Crippen LogP contribution >= 0.6 is 11.3 Å². The van der Waals surface area contributed by atoms with Crippen molar-refractivity contribution in [3.8, 4) is 0 Å². The molecule has 0 aliphatic heterocycles. The third-order valence-corrected chi connectivity index (χ3v) is 5.35. The molecule has 0 radical (unpaired) electrons. The van der Waals surface area contributed by atoms with E-state index in [-0.39, 0.29) is 17.8 Å². The first-order chi connectivity index (χ1) is 12.5. The number of hydrogen-bond donors (Lipinski definition) is 1. The highest BCUT2D eigenvalue weighted by atomic mass is 32.1. The molecule has 0 aliphatic carbocycles. The molecule has 1 unspecified atom stereocenters. The van der Waals surface area contributed by atoms with Gasteiger partial charge in [-0.25, -0.2) is 9.37 Å². The Morgan fingerprint density at radius 3 is 2.77 bits per heavy atom. The quantitative estimate of drug-likeness (QED) is 0.687. The van der Waals surface area contributed by atoms with Crippen molar-refractivity contribution >= 4 is 27.5 Å². The summed E-state index contributed by atoms with van der Waals surface area (Å²) >= 11 is 1.63. The minimum Gasteiger partial charge on any atom is -0.354 e. The van der Waals surface area contributed by atoms with E-state index in [4.69, 9.17) is 0 Å². The monoisotopic (exact) mass is 371 g/mol. The number of nitrogens with zero attached hydrogens (tertiary/aromatic N) is 2. The number of thiazole rings is 1. The number of aryl methyl sites for hydroxylation is 1. The summed E-state index contributed by atoms with van der Waals surface area (Å²) < 4.78 is 14.6. The molecule has 0 fully saturated rings. The van der Waals surface area contributed by atoms with Gasteiger partial charge in [0.2, 0.25) is 5.91 Å². The van der Waals surface area contributed by atoms with E-state index < -0.39 is 0 Å². The van der Waals surface area contributed by atoms with E-state index in [1.807, 2.05) is 49.3 Å². The number of carbonyl (C=O) groups excluding carboxylic acids is 1. The molecule has 0 aliphatic rings. The molecule has 0 spiro atoms. The van der Waals surface area contributed by atoms with Crippen LogP contribution in [0.15, 0.2) is 48.5 Å². The van der Waals surface area contributed by atoms with E-state index in [0.717, 1.165) is 20.8 Å². The van der Waals surface area contributed by atoms with Crippen LogP contribution in [0.3, 0.4) is 0 Å². The number of nitrogens with one attached hydrogen (secondary N) is 1. The topological polar surface area (TPSA) is 45.2 Å². The predicted molar refractivity (Wildman–Crippen MR) is 104 cm³/mol. The summed E-state index contributed by atoms with van der Waals surface area (Å²) in [6, 6.07) is 14.4. The smallest absolute Gasteiger partial charge is 0.220 e. The molecule has 1 amide bonds. The summed E-state index contributed by atoms with van der Waals surface area (Å²) in [5.41, 5.74) is 1.83. The van der Waals surface area contributed by atoms with Gasteiger partial charge in [-0.05, 0) is 43.9 Å². The second-order valence-electron chi connectivity index (χ2n) is 6.41. The molecule has 0 saturated carbocycles. The Morgan fingerprint density at radius 2 is 2.04 bits per heavy atom. The SMILES string of the molecule is CN(C)C(CNC(=O)CCc1nc2ccccc2s1)c1cccc(F)c1. The largest absolute Gasteiger partial charge is 0.354 e. The molecule has 4 nitrogen and oxygen atoms in total. The van der Waals surface area contributed by atoms with Crippen molar-refractivity contribution in [3.05, 3.63) is 64.9 Å². The Balaban J connectivity index is 1.55. The van der Waals surface area contributed by atoms with Crippen LogP contribution in [0.1, 0.15) is 23.0 Å². The number of aromatic nitrogens is 1. The van der Waals surface area contributed by atoms with Gasteiger partial charge in [0.25, 0.3) is 0 Å². The van der Waals surface area contributed by atoms with Gasteiger partial charge < -0.3 is 10.2 Å². The fourth-order valence-corrected chi connectivity index (χ4v) is 3.83. The van der Waals surface area contributed by atoms with Gasteiger partial charge in [0, 0.05) is 19.4 Å². The molecule has 1 atom stereocenters. The van der Waals surface area contributed by atoms with Crippen molar-refractivity contribution in [2.75, 3.05) is 20.6 Å². The van der Waals surface area contributed by atoms with E-state index in [0.29, 0.717) is 19.4 Å². The van der Waals surface area contributed by atoms with Gasteiger partial charge in [0.05, 0.1) is 21.3 Å². The molecule has 2 aromatic carbocycles. The third kappa shape index (κ3) is 4.65.